The number of nitrogens with zero attached hydrogens (tertiary/aromatic N) is 1. The Morgan fingerprint density at radius 3 is 3.18 bits per heavy atom. The molecular formula is C12H19N3O2. The Hall–Kier alpha value is -1.49. The number of hydrogen-bond acceptors (Lipinski definition) is 3. The monoisotopic (exact) mass is 237 g/mol. The number of piperidine rings is 1. The first-order chi connectivity index (χ1) is 8.20. The summed E-state index contributed by atoms with van der Waals surface area (Å²) in [7, 11) is 0. The molecule has 1 aliphatic rings. The Bertz CT molecular complexity index is 387. The van der Waals surface area contributed by atoms with Crippen molar-refractivity contribution < 1.29 is 9.53 Å². The third-order valence-electron chi connectivity index (χ3n) is 3.00. The molecule has 1 fully saturated rings. The van der Waals surface area contributed by atoms with Gasteiger partial charge >= 0.3 is 0 Å². The van der Waals surface area contributed by atoms with Gasteiger partial charge in [0.05, 0.1) is 6.10 Å². The lowest BCUT2D eigenvalue weighted by Crippen LogP contribution is -2.43. The summed E-state index contributed by atoms with van der Waals surface area (Å²) in [5.41, 5.74) is 6.74. The summed E-state index contributed by atoms with van der Waals surface area (Å²) < 4.78 is 5.58. The highest BCUT2D eigenvalue weighted by Crippen LogP contribution is 2.16. The Morgan fingerprint density at radius 2 is 2.53 bits per heavy atom. The molecule has 0 radical (unpaired) electrons. The second-order valence-corrected chi connectivity index (χ2v) is 4.32. The van der Waals surface area contributed by atoms with Crippen LogP contribution < -0.4 is 5.73 Å². The van der Waals surface area contributed by atoms with Crippen LogP contribution in [0.4, 0.5) is 5.69 Å². The van der Waals surface area contributed by atoms with Crippen LogP contribution in [0.3, 0.4) is 0 Å². The molecule has 1 atom stereocenters. The van der Waals surface area contributed by atoms with Gasteiger partial charge in [0.1, 0.15) is 5.69 Å². The first kappa shape index (κ1) is 12.0. The average molecular weight is 237 g/mol. The van der Waals surface area contributed by atoms with Crippen LogP contribution in [0.2, 0.25) is 0 Å². The number of aromatic amines is 1. The van der Waals surface area contributed by atoms with Crippen molar-refractivity contribution in [1.29, 1.82) is 0 Å². The Labute approximate surface area is 101 Å². The molecule has 94 valence electrons. The van der Waals surface area contributed by atoms with Crippen LogP contribution in [0.25, 0.3) is 0 Å². The molecule has 1 aromatic rings. The highest BCUT2D eigenvalue weighted by molar-refractivity contribution is 5.93. The zero-order chi connectivity index (χ0) is 12.3. The molecular weight excluding hydrogens is 218 g/mol. The number of hydrogen-bond donors (Lipinski definition) is 2. The van der Waals surface area contributed by atoms with Crippen molar-refractivity contribution in [2.24, 2.45) is 0 Å². The lowest BCUT2D eigenvalue weighted by molar-refractivity contribution is 0.00706. The molecule has 0 aliphatic carbocycles. The van der Waals surface area contributed by atoms with Crippen LogP contribution in [-0.4, -0.2) is 41.6 Å². The number of carbonyl (C=O) groups excluding carboxylic acids is 1. The number of amides is 1. The molecule has 3 N–H and O–H groups in total. The molecule has 1 saturated heterocycles. The van der Waals surface area contributed by atoms with Crippen LogP contribution in [0.1, 0.15) is 30.3 Å². The maximum atomic E-state index is 12.1. The van der Waals surface area contributed by atoms with Crippen LogP contribution in [0.5, 0.6) is 0 Å². The van der Waals surface area contributed by atoms with Gasteiger partial charge < -0.3 is 20.4 Å². The van der Waals surface area contributed by atoms with Crippen molar-refractivity contribution in [1.82, 2.24) is 9.88 Å². The third-order valence-corrected chi connectivity index (χ3v) is 3.00. The fourth-order valence-electron chi connectivity index (χ4n) is 2.20. The molecule has 2 heterocycles. The van der Waals surface area contributed by atoms with Gasteiger partial charge in [0, 0.05) is 31.6 Å². The number of aromatic nitrogens is 1. The number of anilines is 1. The molecule has 0 bridgehead atoms. The van der Waals surface area contributed by atoms with E-state index in [-0.39, 0.29) is 12.0 Å². The molecule has 1 aliphatic heterocycles. The van der Waals surface area contributed by atoms with Crippen molar-refractivity contribution in [3.05, 3.63) is 18.0 Å². The first-order valence-corrected chi connectivity index (χ1v) is 6.05. The number of H-pyrrole nitrogens is 1. The van der Waals surface area contributed by atoms with E-state index in [0.717, 1.165) is 19.4 Å². The van der Waals surface area contributed by atoms with E-state index in [1.807, 2.05) is 11.8 Å². The molecule has 0 spiro atoms. The third kappa shape index (κ3) is 2.79. The maximum Gasteiger partial charge on any atom is 0.270 e. The summed E-state index contributed by atoms with van der Waals surface area (Å²) in [5.74, 6) is 0.00565. The van der Waals surface area contributed by atoms with Gasteiger partial charge in [0.15, 0.2) is 0 Å². The van der Waals surface area contributed by atoms with Gasteiger partial charge in [0.2, 0.25) is 0 Å². The SMILES string of the molecule is CCOC1CCCN(C(=O)c2cc(N)c[nH]2)C1. The highest BCUT2D eigenvalue weighted by Gasteiger charge is 2.25. The van der Waals surface area contributed by atoms with Gasteiger partial charge in [-0.05, 0) is 25.8 Å². The minimum atomic E-state index is 0.00565. The van der Waals surface area contributed by atoms with Gasteiger partial charge in [0.25, 0.3) is 5.91 Å². The molecule has 1 aromatic heterocycles. The van der Waals surface area contributed by atoms with E-state index in [2.05, 4.69) is 4.98 Å². The predicted octanol–water partition coefficient (Wildman–Crippen LogP) is 1.24. The number of nitrogen functional groups attached to an aromatic ring is 1. The minimum absolute atomic E-state index is 0.00565. The van der Waals surface area contributed by atoms with Crippen molar-refractivity contribution in [2.45, 2.75) is 25.9 Å². The number of carbonyl (C=O) groups is 1. The number of likely N-dealkylation sites (tertiary alicyclic amines) is 1. The van der Waals surface area contributed by atoms with Crippen molar-refractivity contribution in [3.63, 3.8) is 0 Å². The molecule has 5 nitrogen and oxygen atoms in total. The van der Waals surface area contributed by atoms with E-state index in [0.29, 0.717) is 24.5 Å². The van der Waals surface area contributed by atoms with Gasteiger partial charge in [-0.3, -0.25) is 4.79 Å². The summed E-state index contributed by atoms with van der Waals surface area (Å²) >= 11 is 0. The smallest absolute Gasteiger partial charge is 0.270 e. The molecule has 5 heteroatoms. The average Bonchev–Trinajstić information content (AvgIpc) is 2.76. The zero-order valence-corrected chi connectivity index (χ0v) is 10.1. The van der Waals surface area contributed by atoms with Gasteiger partial charge in [-0.2, -0.15) is 0 Å². The van der Waals surface area contributed by atoms with Gasteiger partial charge in [-0.15, -0.1) is 0 Å². The Kier molecular flexibility index (Phi) is 3.68. The number of nitrogens with one attached hydrogen (secondary N) is 1. The molecule has 0 saturated carbocycles. The predicted molar refractivity (Wildman–Crippen MR) is 65.8 cm³/mol. The number of rotatable bonds is 3. The van der Waals surface area contributed by atoms with E-state index in [1.165, 1.54) is 0 Å². The van der Waals surface area contributed by atoms with Crippen LogP contribution in [0.15, 0.2) is 12.3 Å². The minimum Gasteiger partial charge on any atom is -0.397 e. The Morgan fingerprint density at radius 1 is 1.71 bits per heavy atom. The standard InChI is InChI=1S/C12H19N3O2/c1-2-17-10-4-3-5-15(8-10)12(16)11-6-9(13)7-14-11/h6-7,10,14H,2-5,8,13H2,1H3. The van der Waals surface area contributed by atoms with E-state index in [9.17, 15) is 4.79 Å². The van der Waals surface area contributed by atoms with Crippen LogP contribution >= 0.6 is 0 Å². The fourth-order valence-corrected chi connectivity index (χ4v) is 2.20. The lowest BCUT2D eigenvalue weighted by atomic mass is 10.1. The summed E-state index contributed by atoms with van der Waals surface area (Å²) in [4.78, 5) is 16.9. The molecule has 1 unspecified atom stereocenters. The summed E-state index contributed by atoms with van der Waals surface area (Å²) in [5, 5.41) is 0. The summed E-state index contributed by atoms with van der Waals surface area (Å²) in [6.07, 6.45) is 3.83. The molecule has 1 amide bonds. The number of nitrogens with two attached hydrogens (primary N) is 1. The highest BCUT2D eigenvalue weighted by atomic mass is 16.5. The van der Waals surface area contributed by atoms with E-state index >= 15 is 0 Å². The molecule has 17 heavy (non-hydrogen) atoms. The van der Waals surface area contributed by atoms with E-state index in [4.69, 9.17) is 10.5 Å². The number of ether oxygens (including phenoxy) is 1. The van der Waals surface area contributed by atoms with Crippen LogP contribution in [0, 0.1) is 0 Å². The second kappa shape index (κ2) is 5.23. The summed E-state index contributed by atoms with van der Waals surface area (Å²) in [6.45, 7) is 4.14. The maximum absolute atomic E-state index is 12.1. The van der Waals surface area contributed by atoms with Crippen LogP contribution in [-0.2, 0) is 4.74 Å². The normalized spacial score (nSPS) is 20.5. The Balaban J connectivity index is 1.99. The van der Waals surface area contributed by atoms with Crippen molar-refractivity contribution in [3.8, 4) is 0 Å². The van der Waals surface area contributed by atoms with Crippen molar-refractivity contribution in [2.75, 3.05) is 25.4 Å². The topological polar surface area (TPSA) is 71.3 Å². The van der Waals surface area contributed by atoms with E-state index < -0.39 is 0 Å². The molecule has 2 rings (SSSR count). The first-order valence-electron chi connectivity index (χ1n) is 6.05. The summed E-state index contributed by atoms with van der Waals surface area (Å²) in [6, 6.07) is 1.67. The van der Waals surface area contributed by atoms with E-state index in [1.54, 1.807) is 12.3 Å². The largest absolute Gasteiger partial charge is 0.397 e. The molecule has 0 aromatic carbocycles. The zero-order valence-electron chi connectivity index (χ0n) is 10.1. The lowest BCUT2D eigenvalue weighted by Gasteiger charge is -2.32. The van der Waals surface area contributed by atoms with Gasteiger partial charge in [-0.1, -0.05) is 0 Å². The second-order valence-electron chi connectivity index (χ2n) is 4.32. The van der Waals surface area contributed by atoms with Gasteiger partial charge in [-0.25, -0.2) is 0 Å². The fraction of sp³-hybridized carbons (Fsp3) is 0.583. The van der Waals surface area contributed by atoms with Crippen molar-refractivity contribution >= 4 is 11.6 Å². The quantitative estimate of drug-likeness (QED) is 0.830.